The molecule has 1 aliphatic rings. The van der Waals surface area contributed by atoms with Crippen LogP contribution in [0.4, 0.5) is 4.79 Å². The van der Waals surface area contributed by atoms with E-state index < -0.39 is 6.09 Å². The number of nitrogens with two attached hydrogens (primary N) is 1. The molecule has 2 aromatic carbocycles. The summed E-state index contributed by atoms with van der Waals surface area (Å²) >= 11 is 0. The quantitative estimate of drug-likeness (QED) is 0.344. The molecule has 3 N–H and O–H groups in total. The summed E-state index contributed by atoms with van der Waals surface area (Å²) in [6.45, 7) is 3.07. The zero-order valence-corrected chi connectivity index (χ0v) is 17.5. The number of nitrogens with one attached hydrogen (secondary N) is 1. The lowest BCUT2D eigenvalue weighted by Crippen LogP contribution is -2.36. The number of nitrogens with zero attached hydrogens (tertiary/aromatic N) is 1. The fraction of sp³-hybridized carbons (Fsp3) is 0.348. The molecule has 0 aliphatic carbocycles. The molecule has 0 spiro atoms. The molecular formula is C23H27N3O5. The van der Waals surface area contributed by atoms with Gasteiger partial charge >= 0.3 is 12.1 Å². The average Bonchev–Trinajstić information content (AvgIpc) is 3.11. The van der Waals surface area contributed by atoms with Crippen LogP contribution in [0, 0.1) is 5.41 Å². The third kappa shape index (κ3) is 6.21. The first-order valence-electron chi connectivity index (χ1n) is 10.2. The van der Waals surface area contributed by atoms with Gasteiger partial charge in [0, 0.05) is 12.1 Å². The number of nitrogen functional groups attached to an aromatic ring is 1. The molecule has 3 rings (SSSR count). The van der Waals surface area contributed by atoms with E-state index in [-0.39, 0.29) is 30.8 Å². The number of esters is 1. The van der Waals surface area contributed by atoms with E-state index in [1.165, 1.54) is 0 Å². The highest BCUT2D eigenvalue weighted by Gasteiger charge is 2.33. The van der Waals surface area contributed by atoms with Crippen molar-refractivity contribution in [1.82, 2.24) is 4.90 Å². The maximum absolute atomic E-state index is 12.0. The molecule has 1 heterocycles. The number of amidine groups is 1. The van der Waals surface area contributed by atoms with Gasteiger partial charge in [-0.05, 0) is 36.6 Å². The molecule has 1 aliphatic heterocycles. The Morgan fingerprint density at radius 3 is 2.48 bits per heavy atom. The number of amides is 1. The molecule has 31 heavy (non-hydrogen) atoms. The van der Waals surface area contributed by atoms with Crippen LogP contribution in [0.15, 0.2) is 48.5 Å². The molecule has 2 aromatic rings. The minimum absolute atomic E-state index is 0.0388. The Bertz CT molecular complexity index is 912. The largest absolute Gasteiger partial charge is 0.489 e. The van der Waals surface area contributed by atoms with Gasteiger partial charge in [-0.25, -0.2) is 4.79 Å². The number of hydrogen-bond acceptors (Lipinski definition) is 6. The van der Waals surface area contributed by atoms with E-state index in [9.17, 15) is 9.59 Å². The molecule has 1 amide bonds. The summed E-state index contributed by atoms with van der Waals surface area (Å²) in [5.74, 6) is 0.451. The van der Waals surface area contributed by atoms with Gasteiger partial charge in [-0.15, -0.1) is 0 Å². The Morgan fingerprint density at radius 1 is 1.16 bits per heavy atom. The fourth-order valence-electron chi connectivity index (χ4n) is 3.32. The lowest BCUT2D eigenvalue weighted by atomic mass is 10.1. The van der Waals surface area contributed by atoms with Gasteiger partial charge in [0.2, 0.25) is 0 Å². The Balaban J connectivity index is 1.51. The zero-order valence-electron chi connectivity index (χ0n) is 17.5. The van der Waals surface area contributed by atoms with E-state index in [0.717, 1.165) is 16.9 Å². The third-order valence-corrected chi connectivity index (χ3v) is 5.00. The first-order valence-corrected chi connectivity index (χ1v) is 10.2. The first kappa shape index (κ1) is 22.1. The van der Waals surface area contributed by atoms with Crippen LogP contribution in [-0.4, -0.2) is 48.6 Å². The van der Waals surface area contributed by atoms with Crippen LogP contribution in [-0.2, 0) is 27.3 Å². The minimum Gasteiger partial charge on any atom is -0.489 e. The van der Waals surface area contributed by atoms with E-state index >= 15 is 0 Å². The normalized spacial score (nSPS) is 15.5. The van der Waals surface area contributed by atoms with Crippen LogP contribution in [0.3, 0.4) is 0 Å². The SMILES string of the molecule is CCOC(=O)CCN1C(=O)OC[C@@H]1Cc1ccc(OCc2ccc(C(=N)N)cc2)cc1. The Hall–Kier alpha value is -3.55. The minimum atomic E-state index is -0.398. The van der Waals surface area contributed by atoms with Gasteiger partial charge in [-0.1, -0.05) is 36.4 Å². The van der Waals surface area contributed by atoms with E-state index in [1.54, 1.807) is 24.0 Å². The maximum Gasteiger partial charge on any atom is 0.410 e. The molecule has 0 saturated carbocycles. The first-order chi connectivity index (χ1) is 15.0. The highest BCUT2D eigenvalue weighted by atomic mass is 16.6. The molecule has 0 unspecified atom stereocenters. The fourth-order valence-corrected chi connectivity index (χ4v) is 3.32. The Morgan fingerprint density at radius 2 is 1.84 bits per heavy atom. The molecule has 0 radical (unpaired) electrons. The molecule has 8 nitrogen and oxygen atoms in total. The van der Waals surface area contributed by atoms with Crippen molar-refractivity contribution < 1.29 is 23.8 Å². The molecule has 1 saturated heterocycles. The second-order valence-electron chi connectivity index (χ2n) is 7.23. The molecule has 0 bridgehead atoms. The van der Waals surface area contributed by atoms with Crippen LogP contribution >= 0.6 is 0 Å². The average molecular weight is 425 g/mol. The lowest BCUT2D eigenvalue weighted by Gasteiger charge is -2.21. The topological polar surface area (TPSA) is 115 Å². The van der Waals surface area contributed by atoms with Crippen molar-refractivity contribution in [3.05, 3.63) is 65.2 Å². The van der Waals surface area contributed by atoms with Crippen LogP contribution in [0.1, 0.15) is 30.0 Å². The zero-order chi connectivity index (χ0) is 22.2. The molecule has 8 heteroatoms. The molecular weight excluding hydrogens is 398 g/mol. The van der Waals surface area contributed by atoms with Crippen LogP contribution in [0.25, 0.3) is 0 Å². The molecule has 1 atom stereocenters. The van der Waals surface area contributed by atoms with Crippen molar-refractivity contribution in [2.24, 2.45) is 5.73 Å². The summed E-state index contributed by atoms with van der Waals surface area (Å²) in [6, 6.07) is 14.9. The highest BCUT2D eigenvalue weighted by Crippen LogP contribution is 2.20. The smallest absolute Gasteiger partial charge is 0.410 e. The van der Waals surface area contributed by atoms with Gasteiger partial charge in [0.15, 0.2) is 0 Å². The standard InChI is InChI=1S/C23H27N3O5/c1-2-29-21(27)11-12-26-19(15-31-23(26)28)13-16-5-9-20(10-6-16)30-14-17-3-7-18(8-4-17)22(24)25/h3-10,19H,2,11-15H2,1H3,(H3,24,25)/t19-/m0/s1. The summed E-state index contributed by atoms with van der Waals surface area (Å²) in [6.07, 6.45) is 0.381. The molecule has 1 fully saturated rings. The number of hydrogen-bond donors (Lipinski definition) is 2. The van der Waals surface area contributed by atoms with Crippen molar-refractivity contribution in [1.29, 1.82) is 5.41 Å². The van der Waals surface area contributed by atoms with Crippen molar-refractivity contribution in [3.63, 3.8) is 0 Å². The summed E-state index contributed by atoms with van der Waals surface area (Å²) in [5, 5.41) is 7.42. The Labute approximate surface area is 181 Å². The summed E-state index contributed by atoms with van der Waals surface area (Å²) in [4.78, 5) is 25.2. The van der Waals surface area contributed by atoms with Crippen LogP contribution in [0.5, 0.6) is 5.75 Å². The number of benzene rings is 2. The predicted molar refractivity (Wildman–Crippen MR) is 115 cm³/mol. The van der Waals surface area contributed by atoms with Gasteiger partial charge < -0.3 is 24.8 Å². The predicted octanol–water partition coefficient (Wildman–Crippen LogP) is 2.87. The van der Waals surface area contributed by atoms with Gasteiger partial charge in [0.1, 0.15) is 24.8 Å². The van der Waals surface area contributed by atoms with Crippen LogP contribution in [0.2, 0.25) is 0 Å². The van der Waals surface area contributed by atoms with Gasteiger partial charge in [0.05, 0.1) is 19.1 Å². The van der Waals surface area contributed by atoms with Crippen LogP contribution < -0.4 is 10.5 Å². The van der Waals surface area contributed by atoms with Crippen molar-refractivity contribution in [3.8, 4) is 5.75 Å². The van der Waals surface area contributed by atoms with Crippen molar-refractivity contribution in [2.45, 2.75) is 32.4 Å². The number of carbonyl (C=O) groups excluding carboxylic acids is 2. The summed E-state index contributed by atoms with van der Waals surface area (Å²) in [5.41, 5.74) is 8.16. The highest BCUT2D eigenvalue weighted by molar-refractivity contribution is 5.94. The summed E-state index contributed by atoms with van der Waals surface area (Å²) < 4.78 is 15.9. The number of rotatable bonds is 10. The lowest BCUT2D eigenvalue weighted by molar-refractivity contribution is -0.143. The van der Waals surface area contributed by atoms with E-state index in [2.05, 4.69) is 0 Å². The third-order valence-electron chi connectivity index (χ3n) is 5.00. The number of cyclic esters (lactones) is 1. The van der Waals surface area contributed by atoms with E-state index in [1.807, 2.05) is 36.4 Å². The second kappa shape index (κ2) is 10.5. The summed E-state index contributed by atoms with van der Waals surface area (Å²) in [7, 11) is 0. The maximum atomic E-state index is 12.0. The van der Waals surface area contributed by atoms with E-state index in [0.29, 0.717) is 31.8 Å². The van der Waals surface area contributed by atoms with E-state index in [4.69, 9.17) is 25.4 Å². The van der Waals surface area contributed by atoms with Gasteiger partial charge in [0.25, 0.3) is 0 Å². The number of carbonyl (C=O) groups is 2. The molecule has 0 aromatic heterocycles. The van der Waals surface area contributed by atoms with Gasteiger partial charge in [-0.3, -0.25) is 10.2 Å². The number of ether oxygens (including phenoxy) is 3. The molecule has 164 valence electrons. The van der Waals surface area contributed by atoms with Gasteiger partial charge in [-0.2, -0.15) is 0 Å². The Kier molecular flexibility index (Phi) is 7.48. The van der Waals surface area contributed by atoms with Crippen molar-refractivity contribution in [2.75, 3.05) is 19.8 Å². The van der Waals surface area contributed by atoms with Crippen molar-refractivity contribution >= 4 is 17.9 Å². The second-order valence-corrected chi connectivity index (χ2v) is 7.23. The monoisotopic (exact) mass is 425 g/mol.